The maximum absolute atomic E-state index is 11.4. The molecule has 0 aromatic heterocycles. The third-order valence-electron chi connectivity index (χ3n) is 3.26. The first-order valence-electron chi connectivity index (χ1n) is 6.86. The zero-order valence-electron chi connectivity index (χ0n) is 11.9. The van der Waals surface area contributed by atoms with Crippen molar-refractivity contribution in [2.45, 2.75) is 68.8 Å². The van der Waals surface area contributed by atoms with E-state index in [0.29, 0.717) is 25.7 Å². The molecule has 6 nitrogen and oxygen atoms in total. The van der Waals surface area contributed by atoms with Gasteiger partial charge in [0.05, 0.1) is 0 Å². The van der Waals surface area contributed by atoms with Gasteiger partial charge in [0, 0.05) is 0 Å². The van der Waals surface area contributed by atoms with Crippen molar-refractivity contribution in [1.82, 2.24) is 0 Å². The molecule has 0 aliphatic heterocycles. The second-order valence-electron chi connectivity index (χ2n) is 4.95. The molecule has 2 N–H and O–H groups in total. The van der Waals surface area contributed by atoms with E-state index in [1.54, 1.807) is 0 Å². The molecule has 0 rings (SSSR count). The summed E-state index contributed by atoms with van der Waals surface area (Å²) in [6.07, 6.45) is 3.78. The topological polar surface area (TPSA) is 109 Å². The Morgan fingerprint density at radius 1 is 0.857 bits per heavy atom. The van der Waals surface area contributed by atoms with Crippen molar-refractivity contribution < 1.29 is 25.9 Å². The van der Waals surface area contributed by atoms with Crippen molar-refractivity contribution in [3.8, 4) is 0 Å². The van der Waals surface area contributed by atoms with Crippen LogP contribution in [0.2, 0.25) is 0 Å². The molecule has 9 heteroatoms. The summed E-state index contributed by atoms with van der Waals surface area (Å²) in [5, 5.41) is -2.94. The Balaban J connectivity index is 0. The van der Waals surface area contributed by atoms with Gasteiger partial charge in [-0.15, -0.1) is 0 Å². The van der Waals surface area contributed by atoms with E-state index in [-0.39, 0.29) is 42.4 Å². The van der Waals surface area contributed by atoms with Gasteiger partial charge in [-0.1, -0.05) is 52.4 Å². The number of unbranched alkanes of at least 4 members (excludes halogenated alkanes) is 4. The van der Waals surface area contributed by atoms with Crippen LogP contribution in [-0.2, 0) is 20.2 Å². The Morgan fingerprint density at radius 3 is 1.52 bits per heavy atom. The minimum absolute atomic E-state index is 0. The first-order valence-corrected chi connectivity index (χ1v) is 9.87. The molecule has 1 radical (unpaired) electrons. The van der Waals surface area contributed by atoms with E-state index in [1.807, 2.05) is 6.92 Å². The molecule has 0 bridgehead atoms. The molecule has 123 valence electrons. The summed E-state index contributed by atoms with van der Waals surface area (Å²) in [5.41, 5.74) is 0. The van der Waals surface area contributed by atoms with Crippen molar-refractivity contribution in [2.24, 2.45) is 0 Å². The second-order valence-corrected chi connectivity index (χ2v) is 8.22. The van der Waals surface area contributed by atoms with Crippen LogP contribution >= 0.6 is 0 Å². The predicted octanol–water partition coefficient (Wildman–Crippen LogP) is 1.83. The van der Waals surface area contributed by atoms with Gasteiger partial charge in [0.25, 0.3) is 20.2 Å². The van der Waals surface area contributed by atoms with Crippen LogP contribution in [0.15, 0.2) is 0 Å². The summed E-state index contributed by atoms with van der Waals surface area (Å²) in [6, 6.07) is 0. The zero-order valence-corrected chi connectivity index (χ0v) is 13.5. The van der Waals surface area contributed by atoms with E-state index >= 15 is 0 Å². The normalized spacial score (nSPS) is 15.2. The Morgan fingerprint density at radius 2 is 1.24 bits per heavy atom. The van der Waals surface area contributed by atoms with E-state index < -0.39 is 30.7 Å². The molecule has 0 aliphatic rings. The second kappa shape index (κ2) is 11.4. The van der Waals surface area contributed by atoms with Crippen LogP contribution in [0.25, 0.3) is 0 Å². The zero-order chi connectivity index (χ0) is 15.8. The molecule has 0 aliphatic carbocycles. The van der Waals surface area contributed by atoms with Crippen LogP contribution in [0, 0.1) is 6.92 Å². The monoisotopic (exact) mass is 353 g/mol. The van der Waals surface area contributed by atoms with Gasteiger partial charge in [-0.3, -0.25) is 9.11 Å². The average molecular weight is 353 g/mol. The van der Waals surface area contributed by atoms with Crippen molar-refractivity contribution >= 4 is 49.8 Å². The van der Waals surface area contributed by atoms with E-state index in [4.69, 9.17) is 0 Å². The quantitative estimate of drug-likeness (QED) is 0.333. The van der Waals surface area contributed by atoms with E-state index in [0.717, 1.165) is 12.8 Å². The van der Waals surface area contributed by atoms with Gasteiger partial charge >= 0.3 is 29.6 Å². The van der Waals surface area contributed by atoms with Crippen LogP contribution in [0.5, 0.6) is 0 Å². The molecular formula is C12H26NaO6S2. The Kier molecular flexibility index (Phi) is 13.0. The van der Waals surface area contributed by atoms with E-state index in [2.05, 4.69) is 6.92 Å². The summed E-state index contributed by atoms with van der Waals surface area (Å²) in [7, 11) is -9.04. The fraction of sp³-hybridized carbons (Fsp3) is 0.917. The van der Waals surface area contributed by atoms with Crippen LogP contribution in [0.1, 0.15) is 58.3 Å². The van der Waals surface area contributed by atoms with Gasteiger partial charge in [0.15, 0.2) is 0 Å². The molecular weight excluding hydrogens is 327 g/mol. The molecule has 2 atom stereocenters. The van der Waals surface area contributed by atoms with Crippen molar-refractivity contribution in [1.29, 1.82) is 0 Å². The first kappa shape index (κ1) is 24.1. The predicted molar refractivity (Wildman–Crippen MR) is 85.8 cm³/mol. The minimum atomic E-state index is -4.52. The van der Waals surface area contributed by atoms with Gasteiger partial charge in [-0.2, -0.15) is 16.8 Å². The van der Waals surface area contributed by atoms with Gasteiger partial charge in [-0.25, -0.2) is 0 Å². The van der Waals surface area contributed by atoms with E-state index in [9.17, 15) is 25.9 Å². The standard InChI is InChI=1S/C12H25O6S2.Na.H/c1-3-5-7-9-11(19(13,14)15)12(20(16,17)18)10-8-6-4-2;;/h11-12H,1,3-10H2,2H3,(H,13,14,15)(H,16,17,18);;. The third-order valence-corrected chi connectivity index (χ3v) is 6.09. The molecule has 0 spiro atoms. The van der Waals surface area contributed by atoms with Gasteiger partial charge in [0.2, 0.25) is 0 Å². The van der Waals surface area contributed by atoms with Crippen LogP contribution < -0.4 is 0 Å². The Bertz CT molecular complexity index is 416. The van der Waals surface area contributed by atoms with Crippen LogP contribution in [0.3, 0.4) is 0 Å². The Labute approximate surface area is 150 Å². The number of hydrogen-bond acceptors (Lipinski definition) is 4. The fourth-order valence-corrected chi connectivity index (χ4v) is 4.98. The van der Waals surface area contributed by atoms with Crippen molar-refractivity contribution in [3.63, 3.8) is 0 Å². The van der Waals surface area contributed by atoms with Crippen LogP contribution in [0.4, 0.5) is 0 Å². The summed E-state index contributed by atoms with van der Waals surface area (Å²) in [4.78, 5) is 0. The maximum atomic E-state index is 11.4. The SMILES string of the molecule is [CH2]CCCCC(C(CCCCC)S(=O)(=O)O)S(=O)(=O)O.[NaH]. The summed E-state index contributed by atoms with van der Waals surface area (Å²) in [6.45, 7) is 5.55. The summed E-state index contributed by atoms with van der Waals surface area (Å²) < 4.78 is 64.1. The fourth-order valence-electron chi connectivity index (χ4n) is 2.17. The number of rotatable bonds is 11. The summed E-state index contributed by atoms with van der Waals surface area (Å²) in [5.74, 6) is 0. The molecule has 0 saturated carbocycles. The molecule has 0 aromatic rings. The molecule has 21 heavy (non-hydrogen) atoms. The first-order chi connectivity index (χ1) is 9.14. The third kappa shape index (κ3) is 10.3. The molecule has 0 heterocycles. The molecule has 0 fully saturated rings. The van der Waals surface area contributed by atoms with Gasteiger partial charge < -0.3 is 0 Å². The average Bonchev–Trinajstić information content (AvgIpc) is 2.29. The van der Waals surface area contributed by atoms with Crippen molar-refractivity contribution in [3.05, 3.63) is 6.92 Å². The van der Waals surface area contributed by atoms with E-state index in [1.165, 1.54) is 0 Å². The van der Waals surface area contributed by atoms with Crippen LogP contribution in [-0.4, -0.2) is 66.0 Å². The molecule has 0 amide bonds. The molecule has 0 aromatic carbocycles. The molecule has 0 saturated heterocycles. The summed E-state index contributed by atoms with van der Waals surface area (Å²) >= 11 is 0. The Hall–Kier alpha value is 0.820. The number of hydrogen-bond donors (Lipinski definition) is 2. The van der Waals surface area contributed by atoms with Crippen molar-refractivity contribution in [2.75, 3.05) is 0 Å². The van der Waals surface area contributed by atoms with Gasteiger partial charge in [0.1, 0.15) is 10.5 Å². The molecule has 2 unspecified atom stereocenters. The van der Waals surface area contributed by atoms with Gasteiger partial charge in [-0.05, 0) is 12.8 Å².